The Bertz CT molecular complexity index is 470. The van der Waals surface area contributed by atoms with Crippen LogP contribution in [0, 0.1) is 0 Å². The topological polar surface area (TPSA) is 76.1 Å². The smallest absolute Gasteiger partial charge is 0.414 e. The molecule has 0 bridgehead atoms. The van der Waals surface area contributed by atoms with E-state index in [1.54, 1.807) is 31.4 Å². The van der Waals surface area contributed by atoms with E-state index in [1.807, 2.05) is 0 Å². The summed E-state index contributed by atoms with van der Waals surface area (Å²) in [7, 11) is 1.57. The third kappa shape index (κ3) is 3.15. The van der Waals surface area contributed by atoms with Crippen LogP contribution in [-0.4, -0.2) is 36.9 Å². The quantitative estimate of drug-likeness (QED) is 0.899. The summed E-state index contributed by atoms with van der Waals surface area (Å²) >= 11 is 0. The lowest BCUT2D eigenvalue weighted by molar-refractivity contribution is -0.139. The van der Waals surface area contributed by atoms with Crippen LogP contribution in [0.1, 0.15) is 12.8 Å². The van der Waals surface area contributed by atoms with Crippen LogP contribution in [0.15, 0.2) is 24.3 Å². The SMILES string of the molecule is COc1ccc(N2CCC(CC(=O)O)OC2=O)cc1. The third-order valence-electron chi connectivity index (χ3n) is 2.95. The second kappa shape index (κ2) is 5.60. The minimum absolute atomic E-state index is 0.151. The average molecular weight is 265 g/mol. The number of carbonyl (C=O) groups excluding carboxylic acids is 1. The summed E-state index contributed by atoms with van der Waals surface area (Å²) in [4.78, 5) is 23.9. The molecule has 1 aromatic rings. The number of anilines is 1. The molecule has 6 heteroatoms. The van der Waals surface area contributed by atoms with Gasteiger partial charge in [-0.1, -0.05) is 0 Å². The molecule has 0 radical (unpaired) electrons. The highest BCUT2D eigenvalue weighted by Crippen LogP contribution is 2.24. The van der Waals surface area contributed by atoms with Gasteiger partial charge in [-0.3, -0.25) is 9.69 Å². The maximum absolute atomic E-state index is 11.8. The predicted octanol–water partition coefficient (Wildman–Crippen LogP) is 1.89. The second-order valence-electron chi connectivity index (χ2n) is 4.24. The molecular weight excluding hydrogens is 250 g/mol. The number of carboxylic acids is 1. The summed E-state index contributed by atoms with van der Waals surface area (Å²) in [6.45, 7) is 0.448. The lowest BCUT2D eigenvalue weighted by Gasteiger charge is -2.31. The molecule has 0 aliphatic carbocycles. The second-order valence-corrected chi connectivity index (χ2v) is 4.24. The standard InChI is InChI=1S/C13H15NO5/c1-18-10-4-2-9(3-5-10)14-7-6-11(8-12(15)16)19-13(14)17/h2-5,11H,6-8H2,1H3,(H,15,16). The van der Waals surface area contributed by atoms with Crippen LogP contribution in [0.2, 0.25) is 0 Å². The number of rotatable bonds is 4. The minimum atomic E-state index is -0.962. The number of ether oxygens (including phenoxy) is 2. The zero-order valence-electron chi connectivity index (χ0n) is 10.5. The van der Waals surface area contributed by atoms with Gasteiger partial charge in [0, 0.05) is 18.7 Å². The fourth-order valence-corrected chi connectivity index (χ4v) is 1.96. The molecule has 102 valence electrons. The maximum atomic E-state index is 11.8. The van der Waals surface area contributed by atoms with E-state index < -0.39 is 18.2 Å². The van der Waals surface area contributed by atoms with E-state index in [1.165, 1.54) is 4.90 Å². The van der Waals surface area contributed by atoms with E-state index in [2.05, 4.69) is 0 Å². The minimum Gasteiger partial charge on any atom is -0.497 e. The number of hydrogen-bond donors (Lipinski definition) is 1. The molecule has 0 saturated carbocycles. The maximum Gasteiger partial charge on any atom is 0.414 e. The van der Waals surface area contributed by atoms with Crippen molar-refractivity contribution in [3.05, 3.63) is 24.3 Å². The molecule has 1 atom stereocenters. The van der Waals surface area contributed by atoms with Crippen LogP contribution < -0.4 is 9.64 Å². The van der Waals surface area contributed by atoms with Crippen molar-refractivity contribution in [2.24, 2.45) is 0 Å². The number of carboxylic acid groups (broad SMARTS) is 1. The van der Waals surface area contributed by atoms with E-state index in [0.717, 1.165) is 0 Å². The number of amides is 1. The number of cyclic esters (lactones) is 1. The predicted molar refractivity (Wildman–Crippen MR) is 67.5 cm³/mol. The third-order valence-corrected chi connectivity index (χ3v) is 2.95. The first-order valence-electron chi connectivity index (χ1n) is 5.94. The van der Waals surface area contributed by atoms with Crippen molar-refractivity contribution < 1.29 is 24.2 Å². The van der Waals surface area contributed by atoms with Crippen LogP contribution >= 0.6 is 0 Å². The first-order valence-corrected chi connectivity index (χ1v) is 5.94. The van der Waals surface area contributed by atoms with E-state index in [4.69, 9.17) is 14.6 Å². The van der Waals surface area contributed by atoms with Crippen LogP contribution in [-0.2, 0) is 9.53 Å². The van der Waals surface area contributed by atoms with Crippen LogP contribution in [0.3, 0.4) is 0 Å². The molecule has 6 nitrogen and oxygen atoms in total. The monoisotopic (exact) mass is 265 g/mol. The van der Waals surface area contributed by atoms with Gasteiger partial charge in [0.25, 0.3) is 0 Å². The van der Waals surface area contributed by atoms with Crippen molar-refractivity contribution >= 4 is 17.7 Å². The molecule has 1 N–H and O–H groups in total. The Hall–Kier alpha value is -2.24. The molecule has 1 unspecified atom stereocenters. The van der Waals surface area contributed by atoms with E-state index in [-0.39, 0.29) is 6.42 Å². The number of hydrogen-bond acceptors (Lipinski definition) is 4. The Morgan fingerprint density at radius 2 is 2.16 bits per heavy atom. The molecule has 2 rings (SSSR count). The summed E-state index contributed by atoms with van der Waals surface area (Å²) in [5.41, 5.74) is 0.708. The Morgan fingerprint density at radius 1 is 1.47 bits per heavy atom. The number of carbonyl (C=O) groups is 2. The summed E-state index contributed by atoms with van der Waals surface area (Å²) in [6, 6.07) is 7.03. The van der Waals surface area contributed by atoms with E-state index in [9.17, 15) is 9.59 Å². The molecule has 1 aliphatic rings. The summed E-state index contributed by atoms with van der Waals surface area (Å²) < 4.78 is 10.1. The van der Waals surface area contributed by atoms with Crippen molar-refractivity contribution in [1.29, 1.82) is 0 Å². The van der Waals surface area contributed by atoms with Gasteiger partial charge in [0.2, 0.25) is 0 Å². The molecule has 1 saturated heterocycles. The zero-order valence-corrected chi connectivity index (χ0v) is 10.5. The first-order chi connectivity index (χ1) is 9.10. The highest BCUT2D eigenvalue weighted by atomic mass is 16.6. The Labute approximate surface area is 110 Å². The molecule has 1 aliphatic heterocycles. The van der Waals surface area contributed by atoms with Gasteiger partial charge in [0.05, 0.1) is 13.5 Å². The molecule has 1 fully saturated rings. The van der Waals surface area contributed by atoms with Gasteiger partial charge >= 0.3 is 12.1 Å². The highest BCUT2D eigenvalue weighted by Gasteiger charge is 2.29. The van der Waals surface area contributed by atoms with Crippen LogP contribution in [0.5, 0.6) is 5.75 Å². The molecule has 19 heavy (non-hydrogen) atoms. The molecule has 1 amide bonds. The molecule has 0 aromatic heterocycles. The van der Waals surface area contributed by atoms with Gasteiger partial charge in [0.1, 0.15) is 11.9 Å². The van der Waals surface area contributed by atoms with Crippen molar-refractivity contribution in [2.75, 3.05) is 18.6 Å². The van der Waals surface area contributed by atoms with Crippen molar-refractivity contribution in [1.82, 2.24) is 0 Å². The Balaban J connectivity index is 2.02. The van der Waals surface area contributed by atoms with E-state index >= 15 is 0 Å². The van der Waals surface area contributed by atoms with Gasteiger partial charge in [-0.25, -0.2) is 4.79 Å². The fourth-order valence-electron chi connectivity index (χ4n) is 1.96. The van der Waals surface area contributed by atoms with Crippen molar-refractivity contribution in [3.63, 3.8) is 0 Å². The number of nitrogens with zero attached hydrogens (tertiary/aromatic N) is 1. The zero-order chi connectivity index (χ0) is 13.8. The Morgan fingerprint density at radius 3 is 2.68 bits per heavy atom. The lowest BCUT2D eigenvalue weighted by atomic mass is 10.1. The summed E-state index contributed by atoms with van der Waals surface area (Å²) in [6.07, 6.45) is -0.700. The number of benzene rings is 1. The van der Waals surface area contributed by atoms with Crippen molar-refractivity contribution in [2.45, 2.75) is 18.9 Å². The largest absolute Gasteiger partial charge is 0.497 e. The first kappa shape index (κ1) is 13.2. The average Bonchev–Trinajstić information content (AvgIpc) is 2.38. The van der Waals surface area contributed by atoms with Crippen LogP contribution in [0.25, 0.3) is 0 Å². The molecular formula is C13H15NO5. The van der Waals surface area contributed by atoms with Crippen LogP contribution in [0.4, 0.5) is 10.5 Å². The molecule has 1 heterocycles. The van der Waals surface area contributed by atoms with Gasteiger partial charge in [-0.2, -0.15) is 0 Å². The molecule has 1 aromatic carbocycles. The number of aliphatic carboxylic acids is 1. The van der Waals surface area contributed by atoms with E-state index in [0.29, 0.717) is 24.4 Å². The van der Waals surface area contributed by atoms with Gasteiger partial charge in [-0.05, 0) is 24.3 Å². The number of methoxy groups -OCH3 is 1. The fraction of sp³-hybridized carbons (Fsp3) is 0.385. The molecule has 0 spiro atoms. The summed E-state index contributed by atoms with van der Waals surface area (Å²) in [5.74, 6) is -0.256. The lowest BCUT2D eigenvalue weighted by Crippen LogP contribution is -2.42. The van der Waals surface area contributed by atoms with Gasteiger partial charge < -0.3 is 14.6 Å². The normalized spacial score (nSPS) is 18.9. The summed E-state index contributed by atoms with van der Waals surface area (Å²) in [5, 5.41) is 8.67. The van der Waals surface area contributed by atoms with Gasteiger partial charge in [0.15, 0.2) is 0 Å². The van der Waals surface area contributed by atoms with Crippen molar-refractivity contribution in [3.8, 4) is 5.75 Å². The van der Waals surface area contributed by atoms with Gasteiger partial charge in [-0.15, -0.1) is 0 Å². The highest BCUT2D eigenvalue weighted by molar-refractivity contribution is 5.88. The Kier molecular flexibility index (Phi) is 3.89.